The average molecular weight is 342 g/mol. The third-order valence-corrected chi connectivity index (χ3v) is 3.34. The van der Waals surface area contributed by atoms with Crippen LogP contribution in [0.1, 0.15) is 5.56 Å². The number of pyridine rings is 1. The number of ether oxygens (including phenoxy) is 1. The van der Waals surface area contributed by atoms with Crippen molar-refractivity contribution >= 4 is 27.5 Å². The van der Waals surface area contributed by atoms with Crippen LogP contribution in [0.3, 0.4) is 0 Å². The molecule has 0 aliphatic rings. The molecule has 0 saturated carbocycles. The zero-order valence-corrected chi connectivity index (χ0v) is 12.6. The van der Waals surface area contributed by atoms with Gasteiger partial charge in [-0.05, 0) is 45.8 Å². The maximum Gasteiger partial charge on any atom is 0.133 e. The minimum Gasteiger partial charge on any atom is -0.491 e. The van der Waals surface area contributed by atoms with E-state index in [2.05, 4.69) is 26.2 Å². The summed E-state index contributed by atoms with van der Waals surface area (Å²) in [5.74, 6) is 0.799. The van der Waals surface area contributed by atoms with E-state index >= 15 is 0 Å². The summed E-state index contributed by atoms with van der Waals surface area (Å²) < 4.78 is 6.51. The van der Waals surface area contributed by atoms with Crippen LogP contribution in [-0.4, -0.2) is 18.1 Å². The first-order chi connectivity index (χ1) is 9.25. The van der Waals surface area contributed by atoms with E-state index in [1.54, 1.807) is 6.20 Å². The van der Waals surface area contributed by atoms with Gasteiger partial charge in [0.1, 0.15) is 12.4 Å². The third kappa shape index (κ3) is 4.82. The molecule has 2 aromatic rings. The van der Waals surface area contributed by atoms with Crippen LogP contribution in [0.2, 0.25) is 5.02 Å². The summed E-state index contributed by atoms with van der Waals surface area (Å²) in [5.41, 5.74) is 1.16. The van der Waals surface area contributed by atoms with Crippen LogP contribution in [0.15, 0.2) is 47.2 Å². The van der Waals surface area contributed by atoms with Gasteiger partial charge in [0.15, 0.2) is 0 Å². The quantitative estimate of drug-likeness (QED) is 0.814. The fourth-order valence-corrected chi connectivity index (χ4v) is 2.36. The second-order valence-corrected chi connectivity index (χ2v) is 5.25. The summed E-state index contributed by atoms with van der Waals surface area (Å²) in [5, 5.41) is 3.99. The highest BCUT2D eigenvalue weighted by molar-refractivity contribution is 9.10. The number of nitrogens with one attached hydrogen (secondary N) is 1. The molecule has 0 atom stereocenters. The van der Waals surface area contributed by atoms with Gasteiger partial charge in [-0.2, -0.15) is 0 Å². The molecule has 5 heteroatoms. The van der Waals surface area contributed by atoms with E-state index in [0.717, 1.165) is 28.9 Å². The Morgan fingerprint density at radius 3 is 2.95 bits per heavy atom. The van der Waals surface area contributed by atoms with Crippen molar-refractivity contribution in [3.8, 4) is 5.75 Å². The van der Waals surface area contributed by atoms with Gasteiger partial charge in [0.2, 0.25) is 0 Å². The first kappa shape index (κ1) is 14.3. The topological polar surface area (TPSA) is 34.1 Å². The lowest BCUT2D eigenvalue weighted by atomic mass is 10.3. The number of rotatable bonds is 6. The van der Waals surface area contributed by atoms with Crippen molar-refractivity contribution in [3.63, 3.8) is 0 Å². The molecule has 1 aromatic carbocycles. The Morgan fingerprint density at radius 1 is 1.32 bits per heavy atom. The average Bonchev–Trinajstić information content (AvgIpc) is 2.42. The molecular formula is C14H14BrClN2O. The molecule has 2 rings (SSSR count). The molecule has 0 unspecified atom stereocenters. The van der Waals surface area contributed by atoms with Crippen LogP contribution in [0.4, 0.5) is 0 Å². The fraction of sp³-hybridized carbons (Fsp3) is 0.214. The van der Waals surface area contributed by atoms with Crippen LogP contribution >= 0.6 is 27.5 Å². The number of halogens is 2. The Kier molecular flexibility index (Phi) is 5.63. The predicted molar refractivity (Wildman–Crippen MR) is 80.6 cm³/mol. The molecule has 3 nitrogen and oxygen atoms in total. The summed E-state index contributed by atoms with van der Waals surface area (Å²) in [7, 11) is 0. The standard InChI is InChI=1S/C14H14BrClN2O/c15-13-8-12(16)3-4-14(13)19-7-6-18-10-11-2-1-5-17-9-11/h1-5,8-9,18H,6-7,10H2. The number of benzene rings is 1. The normalized spacial score (nSPS) is 10.4. The maximum absolute atomic E-state index is 5.86. The van der Waals surface area contributed by atoms with Gasteiger partial charge in [0.05, 0.1) is 4.47 Å². The van der Waals surface area contributed by atoms with Crippen molar-refractivity contribution < 1.29 is 4.74 Å². The van der Waals surface area contributed by atoms with Crippen LogP contribution in [0, 0.1) is 0 Å². The van der Waals surface area contributed by atoms with Crippen molar-refractivity contribution in [2.45, 2.75) is 6.54 Å². The second-order valence-electron chi connectivity index (χ2n) is 3.96. The minimum atomic E-state index is 0.598. The number of hydrogen-bond donors (Lipinski definition) is 1. The van der Waals surface area contributed by atoms with Crippen molar-refractivity contribution in [2.24, 2.45) is 0 Å². The van der Waals surface area contributed by atoms with Gasteiger partial charge in [0.25, 0.3) is 0 Å². The van der Waals surface area contributed by atoms with E-state index in [-0.39, 0.29) is 0 Å². The summed E-state index contributed by atoms with van der Waals surface area (Å²) in [6.07, 6.45) is 3.62. The number of nitrogens with zero attached hydrogens (tertiary/aromatic N) is 1. The minimum absolute atomic E-state index is 0.598. The van der Waals surface area contributed by atoms with Crippen molar-refractivity contribution in [1.82, 2.24) is 10.3 Å². The van der Waals surface area contributed by atoms with Crippen LogP contribution in [0.25, 0.3) is 0 Å². The largest absolute Gasteiger partial charge is 0.491 e. The van der Waals surface area contributed by atoms with Gasteiger partial charge < -0.3 is 10.1 Å². The lowest BCUT2D eigenvalue weighted by Gasteiger charge is -2.09. The van der Waals surface area contributed by atoms with Gasteiger partial charge >= 0.3 is 0 Å². The molecule has 0 saturated heterocycles. The lowest BCUT2D eigenvalue weighted by Crippen LogP contribution is -2.20. The van der Waals surface area contributed by atoms with Gasteiger partial charge in [-0.15, -0.1) is 0 Å². The molecule has 19 heavy (non-hydrogen) atoms. The van der Waals surface area contributed by atoms with Crippen molar-refractivity contribution in [2.75, 3.05) is 13.2 Å². The van der Waals surface area contributed by atoms with E-state index in [1.807, 2.05) is 36.5 Å². The molecule has 0 aliphatic carbocycles. The Labute approximate surface area is 126 Å². The predicted octanol–water partition coefficient (Wildman–Crippen LogP) is 3.67. The Morgan fingerprint density at radius 2 is 2.21 bits per heavy atom. The third-order valence-electron chi connectivity index (χ3n) is 2.48. The SMILES string of the molecule is Clc1ccc(OCCNCc2cccnc2)c(Br)c1. The fourth-order valence-electron chi connectivity index (χ4n) is 1.56. The second kappa shape index (κ2) is 7.48. The lowest BCUT2D eigenvalue weighted by molar-refractivity contribution is 0.312. The molecule has 1 aromatic heterocycles. The van der Waals surface area contributed by atoms with Crippen LogP contribution < -0.4 is 10.1 Å². The molecular weight excluding hydrogens is 328 g/mol. The van der Waals surface area contributed by atoms with E-state index < -0.39 is 0 Å². The zero-order chi connectivity index (χ0) is 13.5. The highest BCUT2D eigenvalue weighted by Gasteiger charge is 2.01. The maximum atomic E-state index is 5.86. The number of aromatic nitrogens is 1. The van der Waals surface area contributed by atoms with Crippen molar-refractivity contribution in [3.05, 3.63) is 57.8 Å². The molecule has 0 radical (unpaired) electrons. The van der Waals surface area contributed by atoms with E-state index in [4.69, 9.17) is 16.3 Å². The Balaban J connectivity index is 1.69. The van der Waals surface area contributed by atoms with Gasteiger partial charge in [0, 0.05) is 30.5 Å². The molecule has 0 spiro atoms. The number of hydrogen-bond acceptors (Lipinski definition) is 3. The van der Waals surface area contributed by atoms with Gasteiger partial charge in [-0.3, -0.25) is 4.98 Å². The first-order valence-corrected chi connectivity index (χ1v) is 7.10. The summed E-state index contributed by atoms with van der Waals surface area (Å²) in [4.78, 5) is 4.06. The monoisotopic (exact) mass is 340 g/mol. The molecule has 0 fully saturated rings. The molecule has 0 bridgehead atoms. The molecule has 0 amide bonds. The highest BCUT2D eigenvalue weighted by atomic mass is 79.9. The molecule has 0 aliphatic heterocycles. The Bertz CT molecular complexity index is 522. The van der Waals surface area contributed by atoms with E-state index in [1.165, 1.54) is 0 Å². The summed E-state index contributed by atoms with van der Waals surface area (Å²) in [6.45, 7) is 2.16. The van der Waals surface area contributed by atoms with Gasteiger partial charge in [-0.25, -0.2) is 0 Å². The van der Waals surface area contributed by atoms with E-state index in [9.17, 15) is 0 Å². The highest BCUT2D eigenvalue weighted by Crippen LogP contribution is 2.27. The summed E-state index contributed by atoms with van der Waals surface area (Å²) in [6, 6.07) is 9.45. The van der Waals surface area contributed by atoms with E-state index in [0.29, 0.717) is 11.6 Å². The molecule has 1 N–H and O–H groups in total. The van der Waals surface area contributed by atoms with Crippen LogP contribution in [0.5, 0.6) is 5.75 Å². The molecule has 100 valence electrons. The first-order valence-electron chi connectivity index (χ1n) is 5.93. The summed E-state index contributed by atoms with van der Waals surface area (Å²) >= 11 is 9.28. The smallest absolute Gasteiger partial charge is 0.133 e. The van der Waals surface area contributed by atoms with Crippen molar-refractivity contribution in [1.29, 1.82) is 0 Å². The van der Waals surface area contributed by atoms with Gasteiger partial charge in [-0.1, -0.05) is 17.7 Å². The zero-order valence-electron chi connectivity index (χ0n) is 10.3. The molecule has 1 heterocycles. The van der Waals surface area contributed by atoms with Crippen LogP contribution in [-0.2, 0) is 6.54 Å². The Hall–Kier alpha value is -1.10.